The Morgan fingerprint density at radius 2 is 2.09 bits per heavy atom. The van der Waals surface area contributed by atoms with Gasteiger partial charge in [-0.2, -0.15) is 10.1 Å². The van der Waals surface area contributed by atoms with Crippen LogP contribution in [-0.2, 0) is 0 Å². The van der Waals surface area contributed by atoms with Gasteiger partial charge in [-0.25, -0.2) is 4.79 Å². The summed E-state index contributed by atoms with van der Waals surface area (Å²) in [4.78, 5) is 26.4. The molecule has 3 rings (SSSR count). The van der Waals surface area contributed by atoms with Crippen LogP contribution in [0.15, 0.2) is 53.9 Å². The van der Waals surface area contributed by atoms with Crippen molar-refractivity contribution in [2.45, 2.75) is 12.5 Å². The molecule has 0 N–H and O–H groups in total. The van der Waals surface area contributed by atoms with Gasteiger partial charge in [0.2, 0.25) is 0 Å². The first-order valence-electron chi connectivity index (χ1n) is 6.83. The maximum absolute atomic E-state index is 12.3. The summed E-state index contributed by atoms with van der Waals surface area (Å²) in [6, 6.07) is 8.66. The SMILES string of the molecule is O=C(Oc1ccc([N+](=O)[O-])cc1)N1N=CC[C@@H]1c1cccnc1. The molecule has 116 valence electrons. The Morgan fingerprint density at radius 1 is 1.30 bits per heavy atom. The molecule has 0 bridgehead atoms. The lowest BCUT2D eigenvalue weighted by atomic mass is 10.1. The van der Waals surface area contributed by atoms with Crippen molar-refractivity contribution in [3.63, 3.8) is 0 Å². The number of pyridine rings is 1. The molecule has 2 aromatic rings. The first-order chi connectivity index (χ1) is 11.1. The minimum atomic E-state index is -0.651. The van der Waals surface area contributed by atoms with E-state index in [1.807, 2.05) is 6.07 Å². The highest BCUT2D eigenvalue weighted by Crippen LogP contribution is 2.28. The van der Waals surface area contributed by atoms with Crippen LogP contribution in [-0.4, -0.2) is 27.2 Å². The van der Waals surface area contributed by atoms with E-state index in [1.54, 1.807) is 24.7 Å². The molecule has 0 unspecified atom stereocenters. The minimum Gasteiger partial charge on any atom is -0.409 e. The van der Waals surface area contributed by atoms with Gasteiger partial charge in [-0.3, -0.25) is 15.1 Å². The number of non-ortho nitro benzene ring substituents is 1. The van der Waals surface area contributed by atoms with Gasteiger partial charge in [0.1, 0.15) is 5.75 Å². The van der Waals surface area contributed by atoms with Gasteiger partial charge in [0, 0.05) is 37.2 Å². The second kappa shape index (κ2) is 6.22. The second-order valence-electron chi connectivity index (χ2n) is 4.80. The summed E-state index contributed by atoms with van der Waals surface area (Å²) in [5.41, 5.74) is 0.780. The van der Waals surface area contributed by atoms with Crippen LogP contribution in [0.4, 0.5) is 10.5 Å². The number of nitro benzene ring substituents is 1. The number of ether oxygens (including phenoxy) is 1. The van der Waals surface area contributed by atoms with E-state index in [2.05, 4.69) is 10.1 Å². The van der Waals surface area contributed by atoms with E-state index in [0.29, 0.717) is 6.42 Å². The smallest absolute Gasteiger partial charge is 0.409 e. The largest absolute Gasteiger partial charge is 0.436 e. The summed E-state index contributed by atoms with van der Waals surface area (Å²) >= 11 is 0. The van der Waals surface area contributed by atoms with Crippen LogP contribution in [0.2, 0.25) is 0 Å². The number of rotatable bonds is 3. The van der Waals surface area contributed by atoms with Crippen LogP contribution in [0, 0.1) is 10.1 Å². The van der Waals surface area contributed by atoms with Crippen LogP contribution in [0.25, 0.3) is 0 Å². The number of nitrogens with zero attached hydrogens (tertiary/aromatic N) is 4. The number of hydrazone groups is 1. The van der Waals surface area contributed by atoms with E-state index >= 15 is 0 Å². The summed E-state index contributed by atoms with van der Waals surface area (Å²) in [6.07, 6.45) is 4.88. The number of nitro groups is 1. The zero-order valence-electron chi connectivity index (χ0n) is 11.9. The van der Waals surface area contributed by atoms with Gasteiger partial charge in [-0.15, -0.1) is 0 Å². The van der Waals surface area contributed by atoms with Crippen molar-refractivity contribution in [2.24, 2.45) is 5.10 Å². The number of carbonyl (C=O) groups is 1. The molecule has 0 spiro atoms. The van der Waals surface area contributed by atoms with Gasteiger partial charge in [0.25, 0.3) is 5.69 Å². The Balaban J connectivity index is 1.72. The van der Waals surface area contributed by atoms with Crippen LogP contribution < -0.4 is 4.74 Å². The third-order valence-corrected chi connectivity index (χ3v) is 3.34. The molecule has 1 aromatic carbocycles. The van der Waals surface area contributed by atoms with Gasteiger partial charge >= 0.3 is 6.09 Å². The number of carbonyl (C=O) groups excluding carboxylic acids is 1. The van der Waals surface area contributed by atoms with Crippen LogP contribution >= 0.6 is 0 Å². The van der Waals surface area contributed by atoms with E-state index < -0.39 is 11.0 Å². The van der Waals surface area contributed by atoms with Crippen molar-refractivity contribution in [3.05, 3.63) is 64.5 Å². The Labute approximate surface area is 131 Å². The monoisotopic (exact) mass is 312 g/mol. The minimum absolute atomic E-state index is 0.0720. The zero-order valence-corrected chi connectivity index (χ0v) is 11.9. The first kappa shape index (κ1) is 14.6. The molecule has 0 aliphatic carbocycles. The molecule has 1 aromatic heterocycles. The molecule has 0 radical (unpaired) electrons. The third-order valence-electron chi connectivity index (χ3n) is 3.34. The summed E-state index contributed by atoms with van der Waals surface area (Å²) in [7, 11) is 0. The average Bonchev–Trinajstić information content (AvgIpc) is 3.06. The molecule has 0 saturated carbocycles. The fourth-order valence-electron chi connectivity index (χ4n) is 2.22. The molecule has 2 heterocycles. The standard InChI is InChI=1S/C15H12N4O4/c20-15(23-13-5-3-12(4-6-13)19(21)22)18-14(7-9-17-18)11-2-1-8-16-10-11/h1-6,8-10,14H,7H2/t14-/m1/s1. The topological polar surface area (TPSA) is 97.9 Å². The Hall–Kier alpha value is -3.29. The Bertz CT molecular complexity index is 746. The Morgan fingerprint density at radius 3 is 2.74 bits per heavy atom. The second-order valence-corrected chi connectivity index (χ2v) is 4.80. The quantitative estimate of drug-likeness (QED) is 0.641. The van der Waals surface area contributed by atoms with Gasteiger partial charge in [-0.05, 0) is 23.8 Å². The molecule has 23 heavy (non-hydrogen) atoms. The molecule has 0 fully saturated rings. The highest BCUT2D eigenvalue weighted by atomic mass is 16.6. The number of hydrogen-bond donors (Lipinski definition) is 0. The fraction of sp³-hybridized carbons (Fsp3) is 0.133. The van der Waals surface area contributed by atoms with E-state index in [1.165, 1.54) is 29.3 Å². The Kier molecular flexibility index (Phi) is 3.96. The lowest BCUT2D eigenvalue weighted by Crippen LogP contribution is -2.29. The summed E-state index contributed by atoms with van der Waals surface area (Å²) < 4.78 is 5.22. The molecule has 1 aliphatic rings. The maximum Gasteiger partial charge on any atom is 0.436 e. The number of aromatic nitrogens is 1. The van der Waals surface area contributed by atoms with Gasteiger partial charge in [-0.1, -0.05) is 6.07 Å². The van der Waals surface area contributed by atoms with Crippen molar-refractivity contribution in [1.82, 2.24) is 9.99 Å². The van der Waals surface area contributed by atoms with Gasteiger partial charge < -0.3 is 4.74 Å². The van der Waals surface area contributed by atoms with Crippen molar-refractivity contribution in [2.75, 3.05) is 0 Å². The van der Waals surface area contributed by atoms with Gasteiger partial charge in [0.15, 0.2) is 0 Å². The number of amides is 1. The fourth-order valence-corrected chi connectivity index (χ4v) is 2.22. The van der Waals surface area contributed by atoms with Crippen molar-refractivity contribution in [3.8, 4) is 5.75 Å². The summed E-state index contributed by atoms with van der Waals surface area (Å²) in [5.74, 6) is 0.215. The van der Waals surface area contributed by atoms with Crippen molar-refractivity contribution in [1.29, 1.82) is 0 Å². The molecule has 8 nitrogen and oxygen atoms in total. The third kappa shape index (κ3) is 3.15. The van der Waals surface area contributed by atoms with Crippen LogP contribution in [0.3, 0.4) is 0 Å². The van der Waals surface area contributed by atoms with E-state index in [0.717, 1.165) is 5.56 Å². The molecule has 8 heteroatoms. The molecule has 1 amide bonds. The predicted octanol–water partition coefficient (Wildman–Crippen LogP) is 2.92. The zero-order chi connectivity index (χ0) is 16.2. The van der Waals surface area contributed by atoms with Crippen molar-refractivity contribution >= 4 is 18.0 Å². The maximum atomic E-state index is 12.3. The normalized spacial score (nSPS) is 16.3. The lowest BCUT2D eigenvalue weighted by molar-refractivity contribution is -0.384. The van der Waals surface area contributed by atoms with Crippen LogP contribution in [0.5, 0.6) is 5.75 Å². The van der Waals surface area contributed by atoms with E-state index in [4.69, 9.17) is 4.74 Å². The van der Waals surface area contributed by atoms with Crippen LogP contribution in [0.1, 0.15) is 18.0 Å². The molecular weight excluding hydrogens is 300 g/mol. The summed E-state index contributed by atoms with van der Waals surface area (Å²) in [5, 5.41) is 15.9. The highest BCUT2D eigenvalue weighted by molar-refractivity contribution is 5.75. The van der Waals surface area contributed by atoms with E-state index in [-0.39, 0.29) is 17.5 Å². The highest BCUT2D eigenvalue weighted by Gasteiger charge is 2.30. The average molecular weight is 312 g/mol. The lowest BCUT2D eigenvalue weighted by Gasteiger charge is -2.21. The molecule has 0 saturated heterocycles. The first-order valence-corrected chi connectivity index (χ1v) is 6.83. The van der Waals surface area contributed by atoms with Gasteiger partial charge in [0.05, 0.1) is 11.0 Å². The number of benzene rings is 1. The molecule has 1 atom stereocenters. The number of hydrogen-bond acceptors (Lipinski definition) is 6. The van der Waals surface area contributed by atoms with Crippen molar-refractivity contribution < 1.29 is 14.5 Å². The molecule has 1 aliphatic heterocycles. The summed E-state index contributed by atoms with van der Waals surface area (Å²) in [6.45, 7) is 0. The predicted molar refractivity (Wildman–Crippen MR) is 81.0 cm³/mol. The van der Waals surface area contributed by atoms with E-state index in [9.17, 15) is 14.9 Å². The molecular formula is C15H12N4O4.